The third-order valence-electron chi connectivity index (χ3n) is 2.39. The number of hydrogen-bond donors (Lipinski definition) is 3. The van der Waals surface area contributed by atoms with Gasteiger partial charge in [0.15, 0.2) is 0 Å². The second-order valence-corrected chi connectivity index (χ2v) is 5.47. The molecule has 0 saturated heterocycles. The van der Waals surface area contributed by atoms with Crippen LogP contribution in [0.15, 0.2) is 35.4 Å². The van der Waals surface area contributed by atoms with Crippen LogP contribution in [0.25, 0.3) is 0 Å². The SMILES string of the molecule is Cc1ncc(C(=O)Nc2ccc(S(N)(=O)=O)cc2)[nH]1. The monoisotopic (exact) mass is 280 g/mol. The number of nitrogens with one attached hydrogen (secondary N) is 2. The number of sulfonamides is 1. The van der Waals surface area contributed by atoms with E-state index < -0.39 is 10.0 Å². The van der Waals surface area contributed by atoms with Crippen molar-refractivity contribution in [2.75, 3.05) is 5.32 Å². The summed E-state index contributed by atoms with van der Waals surface area (Å²) in [6, 6.07) is 5.56. The van der Waals surface area contributed by atoms with Crippen LogP contribution in [-0.2, 0) is 10.0 Å². The summed E-state index contributed by atoms with van der Waals surface area (Å²) in [5, 5.41) is 7.58. The normalized spacial score (nSPS) is 11.3. The molecular formula is C11H12N4O3S. The van der Waals surface area contributed by atoms with Gasteiger partial charge in [0.2, 0.25) is 10.0 Å². The first-order chi connectivity index (χ1) is 8.86. The average Bonchev–Trinajstić information content (AvgIpc) is 2.75. The molecule has 0 atom stereocenters. The van der Waals surface area contributed by atoms with Crippen LogP contribution in [0.5, 0.6) is 0 Å². The zero-order chi connectivity index (χ0) is 14.0. The number of carbonyl (C=O) groups excluding carboxylic acids is 1. The molecule has 0 fully saturated rings. The summed E-state index contributed by atoms with van der Waals surface area (Å²) >= 11 is 0. The van der Waals surface area contributed by atoms with Crippen LogP contribution >= 0.6 is 0 Å². The van der Waals surface area contributed by atoms with Crippen LogP contribution in [0.3, 0.4) is 0 Å². The van der Waals surface area contributed by atoms with Crippen molar-refractivity contribution in [2.24, 2.45) is 5.14 Å². The summed E-state index contributed by atoms with van der Waals surface area (Å²) in [5.74, 6) is 0.277. The average molecular weight is 280 g/mol. The Labute approximate surface area is 109 Å². The molecule has 2 rings (SSSR count). The maximum atomic E-state index is 11.8. The molecule has 0 radical (unpaired) electrons. The van der Waals surface area contributed by atoms with E-state index in [-0.39, 0.29) is 10.8 Å². The number of aromatic nitrogens is 2. The van der Waals surface area contributed by atoms with Crippen LogP contribution in [0.1, 0.15) is 16.3 Å². The van der Waals surface area contributed by atoms with Crippen molar-refractivity contribution < 1.29 is 13.2 Å². The van der Waals surface area contributed by atoms with Crippen LogP contribution in [0.4, 0.5) is 5.69 Å². The number of hydrogen-bond acceptors (Lipinski definition) is 4. The Morgan fingerprint density at radius 2 is 1.95 bits per heavy atom. The van der Waals surface area contributed by atoms with Crippen LogP contribution < -0.4 is 10.5 Å². The van der Waals surface area contributed by atoms with E-state index in [1.54, 1.807) is 6.92 Å². The van der Waals surface area contributed by atoms with Crippen molar-refractivity contribution in [1.82, 2.24) is 9.97 Å². The van der Waals surface area contributed by atoms with Gasteiger partial charge in [-0.3, -0.25) is 4.79 Å². The lowest BCUT2D eigenvalue weighted by Gasteiger charge is -2.04. The molecule has 0 spiro atoms. The van der Waals surface area contributed by atoms with Crippen LogP contribution in [0.2, 0.25) is 0 Å². The molecule has 1 amide bonds. The molecule has 8 heteroatoms. The van der Waals surface area contributed by atoms with Gasteiger partial charge in [-0.1, -0.05) is 0 Å². The Kier molecular flexibility index (Phi) is 3.36. The number of rotatable bonds is 3. The molecular weight excluding hydrogens is 268 g/mol. The first-order valence-electron chi connectivity index (χ1n) is 5.32. The van der Waals surface area contributed by atoms with Crippen molar-refractivity contribution >= 4 is 21.6 Å². The molecule has 1 heterocycles. The van der Waals surface area contributed by atoms with E-state index >= 15 is 0 Å². The number of H-pyrrole nitrogens is 1. The number of imidazole rings is 1. The van der Waals surface area contributed by atoms with Gasteiger partial charge in [0.25, 0.3) is 5.91 Å². The van der Waals surface area contributed by atoms with Crippen LogP contribution in [0, 0.1) is 6.92 Å². The molecule has 0 saturated carbocycles. The molecule has 100 valence electrons. The number of primary sulfonamides is 1. The molecule has 7 nitrogen and oxygen atoms in total. The second-order valence-electron chi connectivity index (χ2n) is 3.91. The Bertz CT molecular complexity index is 704. The highest BCUT2D eigenvalue weighted by atomic mass is 32.2. The van der Waals surface area contributed by atoms with Gasteiger partial charge in [-0.25, -0.2) is 18.5 Å². The second kappa shape index (κ2) is 4.82. The largest absolute Gasteiger partial charge is 0.338 e. The summed E-state index contributed by atoms with van der Waals surface area (Å²) < 4.78 is 22.1. The van der Waals surface area contributed by atoms with Gasteiger partial charge in [0.05, 0.1) is 11.1 Å². The molecule has 0 unspecified atom stereocenters. The van der Waals surface area contributed by atoms with Gasteiger partial charge >= 0.3 is 0 Å². The lowest BCUT2D eigenvalue weighted by molar-refractivity contribution is 0.102. The minimum absolute atomic E-state index is 0.0112. The number of anilines is 1. The van der Waals surface area contributed by atoms with E-state index in [0.717, 1.165) is 0 Å². The van der Waals surface area contributed by atoms with Crippen molar-refractivity contribution in [1.29, 1.82) is 0 Å². The number of amides is 1. The minimum Gasteiger partial charge on any atom is -0.338 e. The van der Waals surface area contributed by atoms with E-state index in [1.807, 2.05) is 0 Å². The van der Waals surface area contributed by atoms with E-state index in [2.05, 4.69) is 15.3 Å². The lowest BCUT2D eigenvalue weighted by atomic mass is 10.3. The summed E-state index contributed by atoms with van der Waals surface area (Å²) in [6.07, 6.45) is 1.42. The molecule has 4 N–H and O–H groups in total. The fourth-order valence-electron chi connectivity index (χ4n) is 1.46. The third kappa shape index (κ3) is 3.18. The number of carbonyl (C=O) groups is 1. The maximum Gasteiger partial charge on any atom is 0.273 e. The first-order valence-corrected chi connectivity index (χ1v) is 6.87. The predicted molar refractivity (Wildman–Crippen MR) is 69.1 cm³/mol. The molecule has 0 aliphatic rings. The van der Waals surface area contributed by atoms with Crippen molar-refractivity contribution in [2.45, 2.75) is 11.8 Å². The van der Waals surface area contributed by atoms with E-state index in [0.29, 0.717) is 17.2 Å². The topological polar surface area (TPSA) is 118 Å². The summed E-state index contributed by atoms with van der Waals surface area (Å²) in [5.41, 5.74) is 0.790. The fraction of sp³-hybridized carbons (Fsp3) is 0.0909. The van der Waals surface area contributed by atoms with Gasteiger partial charge < -0.3 is 10.3 Å². The lowest BCUT2D eigenvalue weighted by Crippen LogP contribution is -2.14. The number of nitrogens with zero attached hydrogens (tertiary/aromatic N) is 1. The van der Waals surface area contributed by atoms with E-state index in [9.17, 15) is 13.2 Å². The predicted octanol–water partition coefficient (Wildman–Crippen LogP) is 0.618. The highest BCUT2D eigenvalue weighted by molar-refractivity contribution is 7.89. The quantitative estimate of drug-likeness (QED) is 0.763. The fourth-order valence-corrected chi connectivity index (χ4v) is 1.98. The molecule has 0 aliphatic heterocycles. The van der Waals surface area contributed by atoms with Gasteiger partial charge in [-0.2, -0.15) is 0 Å². The van der Waals surface area contributed by atoms with Crippen molar-refractivity contribution in [3.05, 3.63) is 42.0 Å². The van der Waals surface area contributed by atoms with E-state index in [1.165, 1.54) is 30.5 Å². The van der Waals surface area contributed by atoms with Gasteiger partial charge in [0, 0.05) is 5.69 Å². The number of aromatic amines is 1. The zero-order valence-corrected chi connectivity index (χ0v) is 10.9. The Balaban J connectivity index is 2.14. The number of benzene rings is 1. The molecule has 0 bridgehead atoms. The van der Waals surface area contributed by atoms with Crippen molar-refractivity contribution in [3.63, 3.8) is 0 Å². The zero-order valence-electron chi connectivity index (χ0n) is 10.0. The van der Waals surface area contributed by atoms with Crippen LogP contribution in [-0.4, -0.2) is 24.3 Å². The summed E-state index contributed by atoms with van der Waals surface area (Å²) in [4.78, 5) is 18.5. The molecule has 1 aromatic heterocycles. The Morgan fingerprint density at radius 3 is 2.42 bits per heavy atom. The molecule has 1 aromatic carbocycles. The minimum atomic E-state index is -3.73. The highest BCUT2D eigenvalue weighted by Crippen LogP contribution is 2.13. The Hall–Kier alpha value is -2.19. The van der Waals surface area contributed by atoms with Gasteiger partial charge in [0.1, 0.15) is 11.5 Å². The Morgan fingerprint density at radius 1 is 1.32 bits per heavy atom. The van der Waals surface area contributed by atoms with Crippen molar-refractivity contribution in [3.8, 4) is 0 Å². The third-order valence-corrected chi connectivity index (χ3v) is 3.32. The standard InChI is InChI=1S/C11H12N4O3S/c1-7-13-6-10(14-7)11(16)15-8-2-4-9(5-3-8)19(12,17)18/h2-6H,1H3,(H,13,14)(H,15,16)(H2,12,17,18). The maximum absolute atomic E-state index is 11.8. The highest BCUT2D eigenvalue weighted by Gasteiger charge is 2.10. The van der Waals surface area contributed by atoms with E-state index in [4.69, 9.17) is 5.14 Å². The van der Waals surface area contributed by atoms with Gasteiger partial charge in [-0.15, -0.1) is 0 Å². The molecule has 0 aliphatic carbocycles. The summed E-state index contributed by atoms with van der Waals surface area (Å²) in [7, 11) is -3.73. The summed E-state index contributed by atoms with van der Waals surface area (Å²) in [6.45, 7) is 1.73. The number of aryl methyl sites for hydroxylation is 1. The number of nitrogens with two attached hydrogens (primary N) is 1. The first kappa shape index (κ1) is 13.2. The molecule has 19 heavy (non-hydrogen) atoms. The van der Waals surface area contributed by atoms with Gasteiger partial charge in [-0.05, 0) is 31.2 Å². The molecule has 2 aromatic rings. The smallest absolute Gasteiger partial charge is 0.273 e.